The number of hydrogen-bond donors (Lipinski definition) is 2. The van der Waals surface area contributed by atoms with Gasteiger partial charge in [-0.25, -0.2) is 0 Å². The molecule has 1 aliphatic carbocycles. The van der Waals surface area contributed by atoms with Crippen molar-refractivity contribution in [3.8, 4) is 0 Å². The van der Waals surface area contributed by atoms with Crippen molar-refractivity contribution >= 4 is 5.97 Å². The van der Waals surface area contributed by atoms with Crippen molar-refractivity contribution in [1.29, 1.82) is 0 Å². The first-order valence-electron chi connectivity index (χ1n) is 6.38. The second kappa shape index (κ2) is 6.36. The molecule has 1 saturated carbocycles. The van der Waals surface area contributed by atoms with Crippen LogP contribution in [0.15, 0.2) is 0 Å². The predicted octanol–water partition coefficient (Wildman–Crippen LogP) is 1.35. The normalized spacial score (nSPS) is 25.6. The van der Waals surface area contributed by atoms with Crippen molar-refractivity contribution in [3.63, 3.8) is 0 Å². The fraction of sp³-hybridized carbons (Fsp3) is 0.923. The Morgan fingerprint density at radius 1 is 1.18 bits per heavy atom. The van der Waals surface area contributed by atoms with Crippen molar-refractivity contribution < 1.29 is 19.7 Å². The smallest absolute Gasteiger partial charge is 0.313 e. The quantitative estimate of drug-likeness (QED) is 0.716. The van der Waals surface area contributed by atoms with Crippen LogP contribution in [-0.4, -0.2) is 36.0 Å². The zero-order valence-corrected chi connectivity index (χ0v) is 10.8. The zero-order valence-electron chi connectivity index (χ0n) is 10.8. The number of aliphatic hydroxyl groups excluding tert-OH is 2. The molecular formula is C13H24O4. The maximum atomic E-state index is 11.6. The van der Waals surface area contributed by atoms with E-state index in [9.17, 15) is 4.79 Å². The molecule has 0 aromatic carbocycles. The van der Waals surface area contributed by atoms with Crippen molar-refractivity contribution in [3.05, 3.63) is 0 Å². The molecule has 4 nitrogen and oxygen atoms in total. The van der Waals surface area contributed by atoms with Gasteiger partial charge in [0.2, 0.25) is 0 Å². The highest BCUT2D eigenvalue weighted by atomic mass is 16.5. The Kier molecular flexibility index (Phi) is 5.40. The van der Waals surface area contributed by atoms with E-state index in [1.165, 1.54) is 0 Å². The molecule has 2 N–H and O–H groups in total. The molecule has 100 valence electrons. The van der Waals surface area contributed by atoms with Gasteiger partial charge < -0.3 is 14.9 Å². The number of rotatable bonds is 5. The third-order valence-electron chi connectivity index (χ3n) is 3.62. The molecular weight excluding hydrogens is 220 g/mol. The molecule has 0 radical (unpaired) electrons. The van der Waals surface area contributed by atoms with Crippen molar-refractivity contribution in [1.82, 2.24) is 0 Å². The third-order valence-corrected chi connectivity index (χ3v) is 3.62. The van der Waals surface area contributed by atoms with Gasteiger partial charge in [0.05, 0.1) is 18.6 Å². The summed E-state index contributed by atoms with van der Waals surface area (Å²) in [6.45, 7) is 3.88. The maximum Gasteiger partial charge on any atom is 0.313 e. The van der Waals surface area contributed by atoms with Crippen LogP contribution in [0.4, 0.5) is 0 Å². The summed E-state index contributed by atoms with van der Waals surface area (Å²) in [6, 6.07) is 0. The van der Waals surface area contributed by atoms with Crippen molar-refractivity contribution in [2.24, 2.45) is 17.3 Å². The minimum absolute atomic E-state index is 0.191. The second-order valence-corrected chi connectivity index (χ2v) is 5.71. The summed E-state index contributed by atoms with van der Waals surface area (Å²) >= 11 is 0. The average Bonchev–Trinajstić information content (AvgIpc) is 2.36. The van der Waals surface area contributed by atoms with E-state index < -0.39 is 5.41 Å². The number of carbonyl (C=O) groups is 1. The van der Waals surface area contributed by atoms with Crippen LogP contribution >= 0.6 is 0 Å². The number of carbonyl (C=O) groups excluding carboxylic acids is 1. The SMILES string of the molecule is CC(C)(CO)C(=O)OCC1CCC(CO)CC1. The predicted molar refractivity (Wildman–Crippen MR) is 64.4 cm³/mol. The molecule has 0 heterocycles. The van der Waals surface area contributed by atoms with Crippen LogP contribution < -0.4 is 0 Å². The molecule has 17 heavy (non-hydrogen) atoms. The largest absolute Gasteiger partial charge is 0.465 e. The molecule has 0 aromatic heterocycles. The van der Waals surface area contributed by atoms with Crippen LogP contribution in [0.1, 0.15) is 39.5 Å². The highest BCUT2D eigenvalue weighted by Crippen LogP contribution is 2.29. The minimum Gasteiger partial charge on any atom is -0.465 e. The standard InChI is InChI=1S/C13H24O4/c1-13(2,9-15)12(16)17-8-11-5-3-10(7-14)4-6-11/h10-11,14-15H,3-9H2,1-2H3. The summed E-state index contributed by atoms with van der Waals surface area (Å²) in [6.07, 6.45) is 4.06. The van der Waals surface area contributed by atoms with E-state index >= 15 is 0 Å². The number of hydrogen-bond acceptors (Lipinski definition) is 4. The molecule has 0 atom stereocenters. The first-order chi connectivity index (χ1) is 7.99. The molecule has 0 spiro atoms. The van der Waals surface area contributed by atoms with Gasteiger partial charge >= 0.3 is 5.97 Å². The first-order valence-corrected chi connectivity index (χ1v) is 6.38. The summed E-state index contributed by atoms with van der Waals surface area (Å²) in [5.74, 6) is 0.511. The van der Waals surface area contributed by atoms with Gasteiger partial charge in [-0.2, -0.15) is 0 Å². The highest BCUT2D eigenvalue weighted by molar-refractivity contribution is 5.76. The summed E-state index contributed by atoms with van der Waals surface area (Å²) in [4.78, 5) is 11.6. The fourth-order valence-corrected chi connectivity index (χ4v) is 2.03. The van der Waals surface area contributed by atoms with E-state index in [0.29, 0.717) is 18.4 Å². The van der Waals surface area contributed by atoms with Crippen LogP contribution in [0.2, 0.25) is 0 Å². The van der Waals surface area contributed by atoms with E-state index in [4.69, 9.17) is 14.9 Å². The summed E-state index contributed by atoms with van der Waals surface area (Å²) in [7, 11) is 0. The summed E-state index contributed by atoms with van der Waals surface area (Å²) in [5, 5.41) is 18.1. The van der Waals surface area contributed by atoms with Crippen LogP contribution in [0.3, 0.4) is 0 Å². The monoisotopic (exact) mass is 244 g/mol. The molecule has 0 aliphatic heterocycles. The highest BCUT2D eigenvalue weighted by Gasteiger charge is 2.29. The lowest BCUT2D eigenvalue weighted by Gasteiger charge is -2.28. The maximum absolute atomic E-state index is 11.6. The molecule has 0 saturated heterocycles. The molecule has 0 aromatic rings. The van der Waals surface area contributed by atoms with Gasteiger partial charge in [-0.05, 0) is 51.4 Å². The Morgan fingerprint density at radius 2 is 1.71 bits per heavy atom. The van der Waals surface area contributed by atoms with Gasteiger partial charge in [0.15, 0.2) is 0 Å². The molecule has 4 heteroatoms. The van der Waals surface area contributed by atoms with E-state index in [-0.39, 0.29) is 19.2 Å². The zero-order chi connectivity index (χ0) is 12.9. The van der Waals surface area contributed by atoms with Gasteiger partial charge in [0, 0.05) is 6.61 Å². The van der Waals surface area contributed by atoms with Gasteiger partial charge in [0.25, 0.3) is 0 Å². The Balaban J connectivity index is 2.26. The van der Waals surface area contributed by atoms with E-state index in [2.05, 4.69) is 0 Å². The van der Waals surface area contributed by atoms with Crippen LogP contribution in [0, 0.1) is 17.3 Å². The average molecular weight is 244 g/mol. The molecule has 0 bridgehead atoms. The Morgan fingerprint density at radius 3 is 2.18 bits per heavy atom. The first kappa shape index (κ1) is 14.5. The van der Waals surface area contributed by atoms with Gasteiger partial charge in [-0.3, -0.25) is 4.79 Å². The van der Waals surface area contributed by atoms with E-state index in [1.54, 1.807) is 13.8 Å². The lowest BCUT2D eigenvalue weighted by atomic mass is 9.83. The number of aliphatic hydroxyl groups is 2. The fourth-order valence-electron chi connectivity index (χ4n) is 2.03. The lowest BCUT2D eigenvalue weighted by molar-refractivity contribution is -0.158. The van der Waals surface area contributed by atoms with Crippen LogP contribution in [0.25, 0.3) is 0 Å². The van der Waals surface area contributed by atoms with E-state index in [1.807, 2.05) is 0 Å². The third kappa shape index (κ3) is 4.28. The minimum atomic E-state index is -0.803. The van der Waals surface area contributed by atoms with Crippen LogP contribution in [-0.2, 0) is 9.53 Å². The van der Waals surface area contributed by atoms with Gasteiger partial charge in [-0.1, -0.05) is 0 Å². The molecule has 1 fully saturated rings. The molecule has 1 rings (SSSR count). The van der Waals surface area contributed by atoms with Gasteiger partial charge in [0.1, 0.15) is 0 Å². The Bertz CT molecular complexity index is 242. The second-order valence-electron chi connectivity index (χ2n) is 5.71. The molecule has 1 aliphatic rings. The Labute approximate surface area is 103 Å². The molecule has 0 unspecified atom stereocenters. The van der Waals surface area contributed by atoms with Crippen LogP contribution in [0.5, 0.6) is 0 Å². The Hall–Kier alpha value is -0.610. The number of ether oxygens (including phenoxy) is 1. The van der Waals surface area contributed by atoms with E-state index in [0.717, 1.165) is 25.7 Å². The number of esters is 1. The van der Waals surface area contributed by atoms with Crippen molar-refractivity contribution in [2.75, 3.05) is 19.8 Å². The van der Waals surface area contributed by atoms with Crippen molar-refractivity contribution in [2.45, 2.75) is 39.5 Å². The summed E-state index contributed by atoms with van der Waals surface area (Å²) in [5.41, 5.74) is -0.803. The lowest BCUT2D eigenvalue weighted by Crippen LogP contribution is -2.32. The molecule has 0 amide bonds. The summed E-state index contributed by atoms with van der Waals surface area (Å²) < 4.78 is 5.24. The topological polar surface area (TPSA) is 66.8 Å². The van der Waals surface area contributed by atoms with Gasteiger partial charge in [-0.15, -0.1) is 0 Å².